The third kappa shape index (κ3) is 3.94. The molecular formula is C24H27ClN4O. The highest BCUT2D eigenvalue weighted by Gasteiger charge is 2.28. The van der Waals surface area contributed by atoms with Gasteiger partial charge in [-0.25, -0.2) is 4.68 Å². The number of piperazine rings is 1. The van der Waals surface area contributed by atoms with E-state index >= 15 is 0 Å². The number of aromatic nitrogens is 2. The summed E-state index contributed by atoms with van der Waals surface area (Å²) in [5.74, 6) is -0.0302. The maximum Gasteiger partial charge on any atom is 0.259 e. The van der Waals surface area contributed by atoms with E-state index in [1.165, 1.54) is 16.8 Å². The average Bonchev–Trinajstić information content (AvgIpc) is 3.03. The Morgan fingerprint density at radius 3 is 2.37 bits per heavy atom. The highest BCUT2D eigenvalue weighted by Crippen LogP contribution is 2.26. The van der Waals surface area contributed by atoms with Gasteiger partial charge in [0, 0.05) is 31.9 Å². The van der Waals surface area contributed by atoms with Gasteiger partial charge < -0.3 is 9.80 Å². The standard InChI is InChI=1S/C24H27ClN4O/c1-17-8-7-11-21(18(17)2)27-12-14-28(15-13-27)24(30)22-19(3)26-29(23(22)25)16-20-9-5-4-6-10-20/h4-11H,12-16H2,1-3H3. The van der Waals surface area contributed by atoms with Crippen LogP contribution in [0.1, 0.15) is 32.7 Å². The molecule has 0 radical (unpaired) electrons. The van der Waals surface area contributed by atoms with Gasteiger partial charge in [0.1, 0.15) is 5.15 Å². The Morgan fingerprint density at radius 1 is 0.967 bits per heavy atom. The molecule has 1 saturated heterocycles. The lowest BCUT2D eigenvalue weighted by Crippen LogP contribution is -2.49. The number of anilines is 1. The Bertz CT molecular complexity index is 1050. The van der Waals surface area contributed by atoms with Crippen LogP contribution in [0.3, 0.4) is 0 Å². The number of carbonyl (C=O) groups excluding carboxylic acids is 1. The molecule has 2 heterocycles. The van der Waals surface area contributed by atoms with E-state index in [0.29, 0.717) is 36.0 Å². The van der Waals surface area contributed by atoms with Crippen molar-refractivity contribution in [1.82, 2.24) is 14.7 Å². The van der Waals surface area contributed by atoms with E-state index in [9.17, 15) is 4.79 Å². The van der Waals surface area contributed by atoms with Crippen LogP contribution in [-0.2, 0) is 6.54 Å². The van der Waals surface area contributed by atoms with Crippen LogP contribution in [0, 0.1) is 20.8 Å². The molecule has 2 aromatic carbocycles. The van der Waals surface area contributed by atoms with E-state index in [-0.39, 0.29) is 5.91 Å². The first-order chi connectivity index (χ1) is 14.5. The van der Waals surface area contributed by atoms with Crippen molar-refractivity contribution in [2.24, 2.45) is 0 Å². The molecule has 30 heavy (non-hydrogen) atoms. The van der Waals surface area contributed by atoms with Gasteiger partial charge in [0.05, 0.1) is 17.8 Å². The predicted octanol–water partition coefficient (Wildman–Crippen LogP) is 4.47. The van der Waals surface area contributed by atoms with Crippen LogP contribution in [0.25, 0.3) is 0 Å². The van der Waals surface area contributed by atoms with Gasteiger partial charge in [-0.3, -0.25) is 4.79 Å². The number of nitrogens with zero attached hydrogens (tertiary/aromatic N) is 4. The van der Waals surface area contributed by atoms with Crippen molar-refractivity contribution in [3.63, 3.8) is 0 Å². The van der Waals surface area contributed by atoms with Gasteiger partial charge >= 0.3 is 0 Å². The van der Waals surface area contributed by atoms with E-state index in [1.807, 2.05) is 42.2 Å². The van der Waals surface area contributed by atoms with Gasteiger partial charge in [0.2, 0.25) is 0 Å². The summed E-state index contributed by atoms with van der Waals surface area (Å²) in [7, 11) is 0. The lowest BCUT2D eigenvalue weighted by atomic mass is 10.1. The van der Waals surface area contributed by atoms with E-state index in [2.05, 4.69) is 42.0 Å². The van der Waals surface area contributed by atoms with Crippen LogP contribution >= 0.6 is 11.6 Å². The summed E-state index contributed by atoms with van der Waals surface area (Å²) in [4.78, 5) is 17.5. The van der Waals surface area contributed by atoms with Gasteiger partial charge in [-0.1, -0.05) is 54.1 Å². The van der Waals surface area contributed by atoms with E-state index in [1.54, 1.807) is 4.68 Å². The maximum atomic E-state index is 13.2. The number of benzene rings is 2. The third-order valence-electron chi connectivity index (χ3n) is 5.94. The normalized spacial score (nSPS) is 14.3. The lowest BCUT2D eigenvalue weighted by molar-refractivity contribution is 0.0746. The average molecular weight is 423 g/mol. The fourth-order valence-corrected chi connectivity index (χ4v) is 4.36. The highest BCUT2D eigenvalue weighted by atomic mass is 35.5. The quantitative estimate of drug-likeness (QED) is 0.622. The molecule has 1 aliphatic rings. The second-order valence-electron chi connectivity index (χ2n) is 7.89. The van der Waals surface area contributed by atoms with E-state index < -0.39 is 0 Å². The molecule has 1 fully saturated rings. The van der Waals surface area contributed by atoms with Crippen LogP contribution in [0.15, 0.2) is 48.5 Å². The minimum absolute atomic E-state index is 0.0302. The van der Waals surface area contributed by atoms with Crippen LogP contribution < -0.4 is 4.90 Å². The number of amides is 1. The summed E-state index contributed by atoms with van der Waals surface area (Å²) < 4.78 is 1.71. The summed E-state index contributed by atoms with van der Waals surface area (Å²) >= 11 is 6.60. The van der Waals surface area contributed by atoms with Crippen molar-refractivity contribution in [3.05, 3.63) is 81.6 Å². The first-order valence-corrected chi connectivity index (χ1v) is 10.7. The molecular weight excluding hydrogens is 396 g/mol. The Kier molecular flexibility index (Phi) is 5.82. The molecule has 4 rings (SSSR count). The first-order valence-electron chi connectivity index (χ1n) is 10.3. The smallest absolute Gasteiger partial charge is 0.259 e. The molecule has 3 aromatic rings. The second kappa shape index (κ2) is 8.52. The molecule has 0 N–H and O–H groups in total. The van der Waals surface area contributed by atoms with Crippen LogP contribution in [0.5, 0.6) is 0 Å². The van der Waals surface area contributed by atoms with Crippen molar-refractivity contribution in [2.45, 2.75) is 27.3 Å². The molecule has 0 unspecified atom stereocenters. The molecule has 5 nitrogen and oxygen atoms in total. The minimum atomic E-state index is -0.0302. The predicted molar refractivity (Wildman–Crippen MR) is 122 cm³/mol. The summed E-state index contributed by atoms with van der Waals surface area (Å²) in [6.07, 6.45) is 0. The van der Waals surface area contributed by atoms with Gasteiger partial charge in [0.25, 0.3) is 5.91 Å². The second-order valence-corrected chi connectivity index (χ2v) is 8.25. The zero-order chi connectivity index (χ0) is 21.3. The fraction of sp³-hybridized carbons (Fsp3) is 0.333. The highest BCUT2D eigenvalue weighted by molar-refractivity contribution is 6.33. The summed E-state index contributed by atoms with van der Waals surface area (Å²) in [6.45, 7) is 9.66. The molecule has 6 heteroatoms. The van der Waals surface area contributed by atoms with Crippen LogP contribution in [-0.4, -0.2) is 46.8 Å². The topological polar surface area (TPSA) is 41.4 Å². The zero-order valence-electron chi connectivity index (χ0n) is 17.7. The van der Waals surface area contributed by atoms with Gasteiger partial charge in [-0.15, -0.1) is 0 Å². The number of hydrogen-bond acceptors (Lipinski definition) is 3. The Labute approximate surface area is 182 Å². The molecule has 1 aromatic heterocycles. The number of rotatable bonds is 4. The molecule has 156 valence electrons. The van der Waals surface area contributed by atoms with Gasteiger partial charge in [-0.05, 0) is 43.5 Å². The summed E-state index contributed by atoms with van der Waals surface area (Å²) in [6, 6.07) is 16.4. The molecule has 0 bridgehead atoms. The summed E-state index contributed by atoms with van der Waals surface area (Å²) in [5, 5.41) is 4.95. The molecule has 0 spiro atoms. The van der Waals surface area contributed by atoms with Crippen molar-refractivity contribution in [3.8, 4) is 0 Å². The summed E-state index contributed by atoms with van der Waals surface area (Å²) in [5.41, 5.74) is 6.15. The molecule has 0 saturated carbocycles. The monoisotopic (exact) mass is 422 g/mol. The Morgan fingerprint density at radius 2 is 1.67 bits per heavy atom. The maximum absolute atomic E-state index is 13.2. The third-order valence-corrected chi connectivity index (χ3v) is 6.32. The van der Waals surface area contributed by atoms with Crippen molar-refractivity contribution < 1.29 is 4.79 Å². The molecule has 1 aliphatic heterocycles. The number of carbonyl (C=O) groups is 1. The minimum Gasteiger partial charge on any atom is -0.368 e. The Balaban J connectivity index is 1.47. The zero-order valence-corrected chi connectivity index (χ0v) is 18.5. The van der Waals surface area contributed by atoms with Crippen molar-refractivity contribution >= 4 is 23.2 Å². The van der Waals surface area contributed by atoms with Crippen LogP contribution in [0.2, 0.25) is 5.15 Å². The lowest BCUT2D eigenvalue weighted by Gasteiger charge is -2.37. The number of halogens is 1. The first kappa shape index (κ1) is 20.5. The Hall–Kier alpha value is -2.79. The number of aryl methyl sites for hydroxylation is 2. The SMILES string of the molecule is Cc1cccc(N2CCN(C(=O)c3c(C)nn(Cc4ccccc4)c3Cl)CC2)c1C. The molecule has 0 aliphatic carbocycles. The van der Waals surface area contributed by atoms with Crippen molar-refractivity contribution in [1.29, 1.82) is 0 Å². The van der Waals surface area contributed by atoms with E-state index in [0.717, 1.165) is 18.7 Å². The van der Waals surface area contributed by atoms with Crippen molar-refractivity contribution in [2.75, 3.05) is 31.1 Å². The number of hydrogen-bond donors (Lipinski definition) is 0. The van der Waals surface area contributed by atoms with Crippen LogP contribution in [0.4, 0.5) is 5.69 Å². The van der Waals surface area contributed by atoms with Gasteiger partial charge in [0.15, 0.2) is 0 Å². The fourth-order valence-electron chi connectivity index (χ4n) is 4.04. The van der Waals surface area contributed by atoms with E-state index in [4.69, 9.17) is 11.6 Å². The molecule has 1 amide bonds. The van der Waals surface area contributed by atoms with Gasteiger partial charge in [-0.2, -0.15) is 5.10 Å². The largest absolute Gasteiger partial charge is 0.368 e. The molecule has 0 atom stereocenters.